The van der Waals surface area contributed by atoms with Gasteiger partial charge in [0.1, 0.15) is 5.76 Å². The number of hydrogen-bond donors (Lipinski definition) is 1. The van der Waals surface area contributed by atoms with E-state index in [-0.39, 0.29) is 0 Å². The second-order valence-corrected chi connectivity index (χ2v) is 5.88. The largest absolute Gasteiger partial charge is 0.468 e. The van der Waals surface area contributed by atoms with Crippen LogP contribution in [0.15, 0.2) is 45.5 Å². The minimum absolute atomic E-state index is 0.664. The minimum Gasteiger partial charge on any atom is -0.468 e. The number of nitrogens with two attached hydrogens (primary N) is 1. The van der Waals surface area contributed by atoms with Crippen molar-refractivity contribution >= 4 is 21.6 Å². The van der Waals surface area contributed by atoms with Crippen molar-refractivity contribution in [3.05, 3.63) is 52.4 Å². The number of anilines is 1. The van der Waals surface area contributed by atoms with E-state index in [0.29, 0.717) is 6.04 Å². The van der Waals surface area contributed by atoms with E-state index in [9.17, 15) is 0 Å². The van der Waals surface area contributed by atoms with Gasteiger partial charge >= 0.3 is 0 Å². The molecule has 0 aliphatic heterocycles. The van der Waals surface area contributed by atoms with Crippen LogP contribution in [-0.2, 0) is 13.1 Å². The van der Waals surface area contributed by atoms with Crippen molar-refractivity contribution in [1.82, 2.24) is 4.90 Å². The van der Waals surface area contributed by atoms with E-state index >= 15 is 0 Å². The molecular formula is C15H17BrN2O. The molecule has 1 saturated carbocycles. The number of hydrogen-bond acceptors (Lipinski definition) is 3. The van der Waals surface area contributed by atoms with Gasteiger partial charge in [0.2, 0.25) is 0 Å². The highest BCUT2D eigenvalue weighted by Crippen LogP contribution is 2.32. The maximum absolute atomic E-state index is 6.08. The quantitative estimate of drug-likeness (QED) is 0.852. The first-order chi connectivity index (χ1) is 9.24. The fourth-order valence-electron chi connectivity index (χ4n) is 2.30. The summed E-state index contributed by atoms with van der Waals surface area (Å²) in [5, 5.41) is 0. The first kappa shape index (κ1) is 12.8. The lowest BCUT2D eigenvalue weighted by Gasteiger charge is -2.22. The lowest BCUT2D eigenvalue weighted by atomic mass is 10.1. The molecule has 2 aromatic rings. The van der Waals surface area contributed by atoms with Gasteiger partial charge in [0.25, 0.3) is 0 Å². The maximum Gasteiger partial charge on any atom is 0.117 e. The third kappa shape index (κ3) is 3.01. The van der Waals surface area contributed by atoms with Gasteiger partial charge < -0.3 is 10.2 Å². The second-order valence-electron chi connectivity index (χ2n) is 5.02. The van der Waals surface area contributed by atoms with E-state index in [0.717, 1.165) is 29.0 Å². The van der Waals surface area contributed by atoms with Crippen LogP contribution in [0.5, 0.6) is 0 Å². The normalized spacial score (nSPS) is 15.1. The molecule has 100 valence electrons. The van der Waals surface area contributed by atoms with Gasteiger partial charge in [-0.05, 0) is 37.1 Å². The second kappa shape index (κ2) is 5.39. The van der Waals surface area contributed by atoms with Gasteiger partial charge in [0.05, 0.1) is 12.8 Å². The summed E-state index contributed by atoms with van der Waals surface area (Å²) < 4.78 is 6.54. The van der Waals surface area contributed by atoms with Crippen molar-refractivity contribution in [1.29, 1.82) is 0 Å². The Balaban J connectivity index is 1.78. The Bertz CT molecular complexity index is 529. The molecule has 2 N–H and O–H groups in total. The van der Waals surface area contributed by atoms with Crippen LogP contribution in [0.2, 0.25) is 0 Å². The SMILES string of the molecule is Nc1cccc(Br)c1CN(Cc1ccco1)C1CC1. The van der Waals surface area contributed by atoms with Crippen LogP contribution in [0.1, 0.15) is 24.2 Å². The Labute approximate surface area is 121 Å². The Kier molecular flexibility index (Phi) is 3.62. The summed E-state index contributed by atoms with van der Waals surface area (Å²) in [6.45, 7) is 1.71. The van der Waals surface area contributed by atoms with Crippen LogP contribution in [0.3, 0.4) is 0 Å². The number of furan rings is 1. The van der Waals surface area contributed by atoms with Gasteiger partial charge in [0, 0.05) is 28.3 Å². The summed E-state index contributed by atoms with van der Waals surface area (Å²) in [5.41, 5.74) is 8.10. The van der Waals surface area contributed by atoms with Crippen LogP contribution in [0, 0.1) is 0 Å². The van der Waals surface area contributed by atoms with Gasteiger partial charge in [-0.1, -0.05) is 22.0 Å². The lowest BCUT2D eigenvalue weighted by molar-refractivity contribution is 0.225. The molecule has 0 amide bonds. The smallest absolute Gasteiger partial charge is 0.117 e. The average molecular weight is 321 g/mol. The van der Waals surface area contributed by atoms with Crippen molar-refractivity contribution in [2.45, 2.75) is 32.0 Å². The molecule has 1 aliphatic carbocycles. The number of nitrogens with zero attached hydrogens (tertiary/aromatic N) is 1. The van der Waals surface area contributed by atoms with E-state index < -0.39 is 0 Å². The number of rotatable bonds is 5. The molecule has 0 saturated heterocycles. The molecule has 0 spiro atoms. The van der Waals surface area contributed by atoms with Gasteiger partial charge in [-0.15, -0.1) is 0 Å². The summed E-state index contributed by atoms with van der Waals surface area (Å²) in [6, 6.07) is 10.6. The van der Waals surface area contributed by atoms with E-state index in [4.69, 9.17) is 10.2 Å². The molecule has 0 atom stereocenters. The van der Waals surface area contributed by atoms with Gasteiger partial charge in [-0.2, -0.15) is 0 Å². The summed E-state index contributed by atoms with van der Waals surface area (Å²) in [4.78, 5) is 2.44. The number of nitrogen functional groups attached to an aromatic ring is 1. The zero-order valence-corrected chi connectivity index (χ0v) is 12.3. The lowest BCUT2D eigenvalue weighted by Crippen LogP contribution is -2.25. The minimum atomic E-state index is 0.664. The average Bonchev–Trinajstić information content (AvgIpc) is 3.11. The standard InChI is InChI=1S/C15H17BrN2O/c16-14-4-1-5-15(17)13(14)10-18(11-6-7-11)9-12-3-2-8-19-12/h1-5,8,11H,6-7,9-10,17H2. The molecule has 0 radical (unpaired) electrons. The highest BCUT2D eigenvalue weighted by atomic mass is 79.9. The first-order valence-electron chi connectivity index (χ1n) is 6.53. The molecule has 3 rings (SSSR count). The van der Waals surface area contributed by atoms with Gasteiger partial charge in [-0.3, -0.25) is 4.90 Å². The zero-order valence-electron chi connectivity index (χ0n) is 10.7. The predicted octanol–water partition coefficient (Wildman–Crippen LogP) is 3.79. The molecule has 0 unspecified atom stereocenters. The maximum atomic E-state index is 6.08. The molecule has 4 heteroatoms. The summed E-state index contributed by atoms with van der Waals surface area (Å²) in [5.74, 6) is 1.01. The van der Waals surface area contributed by atoms with Gasteiger partial charge in [0.15, 0.2) is 0 Å². The van der Waals surface area contributed by atoms with Crippen LogP contribution in [0.4, 0.5) is 5.69 Å². The Morgan fingerprint density at radius 3 is 2.68 bits per heavy atom. The highest BCUT2D eigenvalue weighted by molar-refractivity contribution is 9.10. The third-order valence-electron chi connectivity index (χ3n) is 3.52. The molecule has 0 bridgehead atoms. The van der Waals surface area contributed by atoms with Crippen molar-refractivity contribution in [2.75, 3.05) is 5.73 Å². The third-order valence-corrected chi connectivity index (χ3v) is 4.26. The van der Waals surface area contributed by atoms with Gasteiger partial charge in [-0.25, -0.2) is 0 Å². The summed E-state index contributed by atoms with van der Waals surface area (Å²) in [6.07, 6.45) is 4.27. The van der Waals surface area contributed by atoms with E-state index in [2.05, 4.69) is 20.8 Å². The fourth-order valence-corrected chi connectivity index (χ4v) is 2.81. The summed E-state index contributed by atoms with van der Waals surface area (Å²) >= 11 is 3.59. The molecule has 1 aliphatic rings. The fraction of sp³-hybridized carbons (Fsp3) is 0.333. The first-order valence-corrected chi connectivity index (χ1v) is 7.32. The monoisotopic (exact) mass is 320 g/mol. The van der Waals surface area contributed by atoms with Crippen molar-refractivity contribution < 1.29 is 4.42 Å². The Morgan fingerprint density at radius 2 is 2.05 bits per heavy atom. The highest BCUT2D eigenvalue weighted by Gasteiger charge is 2.30. The molecular weight excluding hydrogens is 304 g/mol. The molecule has 1 aromatic carbocycles. The van der Waals surface area contributed by atoms with Crippen molar-refractivity contribution in [3.8, 4) is 0 Å². The molecule has 1 heterocycles. The Morgan fingerprint density at radius 1 is 1.21 bits per heavy atom. The molecule has 3 nitrogen and oxygen atoms in total. The zero-order chi connectivity index (χ0) is 13.2. The Hall–Kier alpha value is -1.26. The predicted molar refractivity (Wildman–Crippen MR) is 79.5 cm³/mol. The van der Waals surface area contributed by atoms with Crippen LogP contribution in [-0.4, -0.2) is 10.9 Å². The van der Waals surface area contributed by atoms with Crippen LogP contribution in [0.25, 0.3) is 0 Å². The van der Waals surface area contributed by atoms with Crippen LogP contribution >= 0.6 is 15.9 Å². The number of halogens is 1. The van der Waals surface area contributed by atoms with E-state index in [1.165, 1.54) is 18.4 Å². The van der Waals surface area contributed by atoms with Crippen molar-refractivity contribution in [2.24, 2.45) is 0 Å². The topological polar surface area (TPSA) is 42.4 Å². The molecule has 1 fully saturated rings. The van der Waals surface area contributed by atoms with Crippen molar-refractivity contribution in [3.63, 3.8) is 0 Å². The van der Waals surface area contributed by atoms with E-state index in [1.807, 2.05) is 30.3 Å². The van der Waals surface area contributed by atoms with Crippen LogP contribution < -0.4 is 5.73 Å². The molecule has 1 aromatic heterocycles. The molecule has 19 heavy (non-hydrogen) atoms. The number of benzene rings is 1. The summed E-state index contributed by atoms with van der Waals surface area (Å²) in [7, 11) is 0. The van der Waals surface area contributed by atoms with E-state index in [1.54, 1.807) is 6.26 Å².